The van der Waals surface area contributed by atoms with Crippen LogP contribution < -0.4 is 20.7 Å². The maximum Gasteiger partial charge on any atom is 0.276 e. The van der Waals surface area contributed by atoms with E-state index < -0.39 is 35.2 Å². The van der Waals surface area contributed by atoms with Gasteiger partial charge in [0.05, 0.1) is 102 Å². The number of aromatic amines is 1. The van der Waals surface area contributed by atoms with E-state index in [4.69, 9.17) is 33.4 Å². The van der Waals surface area contributed by atoms with Gasteiger partial charge in [-0.15, -0.1) is 11.3 Å². The molecule has 4 fully saturated rings. The number of rotatable bonds is 32. The first kappa shape index (κ1) is 62.5. The normalized spacial score (nSPS) is 21.0. The van der Waals surface area contributed by atoms with Crippen molar-refractivity contribution in [3.05, 3.63) is 111 Å². The number of ketones is 1. The van der Waals surface area contributed by atoms with Gasteiger partial charge in [-0.3, -0.25) is 33.8 Å². The Kier molecular flexibility index (Phi) is 21.1. The average Bonchev–Trinajstić information content (AvgIpc) is 1.52. The van der Waals surface area contributed by atoms with E-state index in [1.54, 1.807) is 67.6 Å². The van der Waals surface area contributed by atoms with Crippen LogP contribution in [0.2, 0.25) is 0 Å². The van der Waals surface area contributed by atoms with Crippen molar-refractivity contribution in [1.29, 1.82) is 0 Å². The summed E-state index contributed by atoms with van der Waals surface area (Å²) in [6, 6.07) is 15.4. The summed E-state index contributed by atoms with van der Waals surface area (Å²) in [6.07, 6.45) is 10.4. The van der Waals surface area contributed by atoms with Crippen molar-refractivity contribution in [2.45, 2.75) is 108 Å². The van der Waals surface area contributed by atoms with Crippen LogP contribution in [0.1, 0.15) is 126 Å². The van der Waals surface area contributed by atoms with E-state index in [2.05, 4.69) is 31.2 Å². The van der Waals surface area contributed by atoms with Gasteiger partial charge >= 0.3 is 0 Å². The van der Waals surface area contributed by atoms with Crippen LogP contribution in [0.5, 0.6) is 5.75 Å². The number of likely N-dealkylation sites (tertiary alicyclic amines) is 2. The summed E-state index contributed by atoms with van der Waals surface area (Å²) >= 11 is 1.38. The molecule has 2 aromatic carbocycles. The molecule has 21 nitrogen and oxygen atoms in total. The first-order valence-electron chi connectivity index (χ1n) is 30.3. The second-order valence-corrected chi connectivity index (χ2v) is 24.1. The van der Waals surface area contributed by atoms with Gasteiger partial charge in [-0.1, -0.05) is 68.7 Å². The zero-order chi connectivity index (χ0) is 60.2. The molecular weight excluding hydrogens is 1130 g/mol. The van der Waals surface area contributed by atoms with Gasteiger partial charge < -0.3 is 54.2 Å². The standard InChI is InChI=1S/C62H80F2N10O11S/c1-40(65-3)57(77)69-53(41-12-6-4-7-13-41)60(79)73-20-11-18-50(73)59-68-49(39-86-59)56(76)43-16-10-17-46(32-43)85-31-30-84-29-28-83-27-26-82-25-24-81-23-22-80-21-19-52(75)72-36-44(37-72)55(42-14-8-5-9-15-42)74-38-45(35-66-74)67-58(78)54-47-33-51-61(2,62(51,63)64)34-48(47)70-71-54/h5,8-10,14-17,32,35,38-41,44,50-51,53,55,65H,4,6-7,11-13,18-31,33-34,36-37H2,1-3H3,(H,67,78)(H,69,77)(H,70,71)/t40-,50?,51-,53-,55+,61+/m0/s1. The number of anilines is 1. The lowest BCUT2D eigenvalue weighted by atomic mass is 9.83. The molecule has 0 radical (unpaired) electrons. The number of alkyl halides is 2. The van der Waals surface area contributed by atoms with E-state index in [0.29, 0.717) is 113 Å². The smallest absolute Gasteiger partial charge is 0.276 e. The van der Waals surface area contributed by atoms with Gasteiger partial charge in [-0.05, 0) is 69.7 Å². The summed E-state index contributed by atoms with van der Waals surface area (Å²) in [6.45, 7) is 8.90. The van der Waals surface area contributed by atoms with Gasteiger partial charge in [0.25, 0.3) is 11.8 Å². The van der Waals surface area contributed by atoms with Gasteiger partial charge in [0, 0.05) is 71.7 Å². The quantitative estimate of drug-likeness (QED) is 0.0254. The number of nitrogens with one attached hydrogen (secondary N) is 4. The number of fused-ring (bicyclic) bond motifs is 2. The number of hydrogen-bond donors (Lipinski definition) is 4. The zero-order valence-electron chi connectivity index (χ0n) is 49.3. The lowest BCUT2D eigenvalue weighted by Gasteiger charge is -2.43. The van der Waals surface area contributed by atoms with Crippen LogP contribution in [0.4, 0.5) is 14.5 Å². The predicted octanol–water partition coefficient (Wildman–Crippen LogP) is 6.85. The molecule has 6 atom stereocenters. The van der Waals surface area contributed by atoms with Gasteiger partial charge in [0.15, 0.2) is 5.69 Å². The van der Waals surface area contributed by atoms with Gasteiger partial charge in [-0.25, -0.2) is 13.8 Å². The second kappa shape index (κ2) is 29.0. The van der Waals surface area contributed by atoms with Crippen LogP contribution in [0, 0.1) is 23.2 Å². The predicted molar refractivity (Wildman–Crippen MR) is 314 cm³/mol. The molecule has 0 spiro atoms. The number of nitrogens with zero attached hydrogens (tertiary/aromatic N) is 6. The Morgan fingerprint density at radius 3 is 2.21 bits per heavy atom. The molecule has 5 aliphatic rings. The van der Waals surface area contributed by atoms with Crippen molar-refractivity contribution in [3.63, 3.8) is 0 Å². The highest BCUT2D eigenvalue weighted by Gasteiger charge is 2.78. The minimum absolute atomic E-state index is 0.00510. The fraction of sp³-hybridized carbons (Fsp3) is 0.581. The van der Waals surface area contributed by atoms with Gasteiger partial charge in [0.1, 0.15) is 29.1 Å². The maximum atomic E-state index is 14.5. The van der Waals surface area contributed by atoms with E-state index >= 15 is 0 Å². The minimum Gasteiger partial charge on any atom is -0.491 e. The lowest BCUT2D eigenvalue weighted by molar-refractivity contribution is -0.140. The number of benzene rings is 2. The highest BCUT2D eigenvalue weighted by Crippen LogP contribution is 2.70. The van der Waals surface area contributed by atoms with Gasteiger partial charge in [0.2, 0.25) is 23.5 Å². The molecule has 2 aliphatic heterocycles. The topological polar surface area (TPSA) is 243 Å². The number of thiazole rings is 1. The largest absolute Gasteiger partial charge is 0.491 e. The van der Waals surface area contributed by atoms with Crippen molar-refractivity contribution >= 4 is 46.4 Å². The van der Waals surface area contributed by atoms with Crippen LogP contribution in [0.25, 0.3) is 0 Å². The van der Waals surface area contributed by atoms with Crippen molar-refractivity contribution in [2.24, 2.45) is 23.2 Å². The van der Waals surface area contributed by atoms with Gasteiger partial charge in [-0.2, -0.15) is 10.2 Å². The molecule has 3 aliphatic carbocycles. The third-order valence-electron chi connectivity index (χ3n) is 17.6. The van der Waals surface area contributed by atoms with E-state index in [1.807, 2.05) is 40.1 Å². The number of ether oxygens (including phenoxy) is 6. The number of hydrogen-bond acceptors (Lipinski definition) is 16. The summed E-state index contributed by atoms with van der Waals surface area (Å²) in [7, 11) is 1.73. The number of amides is 4. The van der Waals surface area contributed by atoms with Crippen molar-refractivity contribution in [2.75, 3.05) is 105 Å². The Morgan fingerprint density at radius 1 is 0.826 bits per heavy atom. The van der Waals surface area contributed by atoms with Crippen LogP contribution in [0.3, 0.4) is 0 Å². The molecule has 0 bridgehead atoms. The Labute approximate surface area is 503 Å². The molecular formula is C62H80F2N10O11S. The first-order chi connectivity index (χ1) is 41.7. The van der Waals surface area contributed by atoms with Crippen LogP contribution in [0.15, 0.2) is 72.4 Å². The van der Waals surface area contributed by atoms with Crippen molar-refractivity contribution < 1.29 is 61.2 Å². The SMILES string of the molecule is CN[C@@H](C)C(=O)N[C@H](C(=O)N1CCCC1c1nc(C(=O)c2cccc(OCCOCCOCCOCCOCCOCCC(=O)N3CC([C@@H](c4ccccc4)n4cc(NC(=O)c5n[nH]c6c5C[C@@H]5C(F)(F)[C@]5(C)C6)cn4)C3)c2)cs1)C1CCCCC1. The van der Waals surface area contributed by atoms with E-state index in [9.17, 15) is 32.8 Å². The molecule has 10 rings (SSSR count). The van der Waals surface area contributed by atoms with Crippen LogP contribution >= 0.6 is 11.3 Å². The molecule has 3 aromatic heterocycles. The van der Waals surface area contributed by atoms with E-state index in [1.165, 1.54) is 11.3 Å². The molecule has 4 N–H and O–H groups in total. The van der Waals surface area contributed by atoms with Crippen molar-refractivity contribution in [1.82, 2.24) is 45.4 Å². The summed E-state index contributed by atoms with van der Waals surface area (Å²) in [4.78, 5) is 75.7. The number of halogens is 2. The highest BCUT2D eigenvalue weighted by atomic mass is 32.1. The molecule has 86 heavy (non-hydrogen) atoms. The number of H-pyrrole nitrogens is 1. The molecule has 1 unspecified atom stereocenters. The third kappa shape index (κ3) is 14.7. The highest BCUT2D eigenvalue weighted by molar-refractivity contribution is 7.10. The first-order valence-corrected chi connectivity index (χ1v) is 31.1. The summed E-state index contributed by atoms with van der Waals surface area (Å²) < 4.78 is 64.9. The zero-order valence-corrected chi connectivity index (χ0v) is 50.1. The molecule has 5 heterocycles. The number of carbonyl (C=O) groups is 5. The second-order valence-electron chi connectivity index (χ2n) is 23.3. The fourth-order valence-electron chi connectivity index (χ4n) is 12.4. The summed E-state index contributed by atoms with van der Waals surface area (Å²) in [5.41, 5.74) is 2.39. The molecule has 2 saturated heterocycles. The molecule has 5 aromatic rings. The maximum absolute atomic E-state index is 14.5. The Bertz CT molecular complexity index is 3100. The number of likely N-dealkylation sites (N-methyl/N-ethyl adjacent to an activating group) is 1. The van der Waals surface area contributed by atoms with E-state index in [0.717, 1.165) is 55.5 Å². The summed E-state index contributed by atoms with van der Waals surface area (Å²) in [5.74, 6) is -3.85. The van der Waals surface area contributed by atoms with E-state index in [-0.39, 0.29) is 85.6 Å². The molecule has 464 valence electrons. The Morgan fingerprint density at radius 2 is 1.51 bits per heavy atom. The third-order valence-corrected chi connectivity index (χ3v) is 18.6. The summed E-state index contributed by atoms with van der Waals surface area (Å²) in [5, 5.41) is 23.0. The number of carbonyl (C=O) groups excluding carboxylic acids is 5. The van der Waals surface area contributed by atoms with Crippen LogP contribution in [-0.4, -0.2) is 182 Å². The monoisotopic (exact) mass is 1210 g/mol. The average molecular weight is 1210 g/mol. The Balaban J connectivity index is 0.543. The molecule has 2 saturated carbocycles. The van der Waals surface area contributed by atoms with Crippen LogP contribution in [-0.2, 0) is 50.9 Å². The lowest BCUT2D eigenvalue weighted by Crippen LogP contribution is -2.55. The van der Waals surface area contributed by atoms with Crippen molar-refractivity contribution in [3.8, 4) is 5.75 Å². The molecule has 4 amide bonds. The minimum atomic E-state index is -2.76. The fourth-order valence-corrected chi connectivity index (χ4v) is 13.4. The number of aromatic nitrogens is 5. The Hall–Kier alpha value is -6.54. The molecule has 24 heteroatoms.